The molecule has 0 aromatic heterocycles. The van der Waals surface area contributed by atoms with Gasteiger partial charge < -0.3 is 60.2 Å². The van der Waals surface area contributed by atoms with E-state index in [2.05, 4.69) is 0 Å². The Morgan fingerprint density at radius 1 is 1.03 bits per heavy atom. The van der Waals surface area contributed by atoms with E-state index in [1.807, 2.05) is 13.8 Å². The fourth-order valence-corrected chi connectivity index (χ4v) is 6.32. The van der Waals surface area contributed by atoms with Crippen LogP contribution in [0.2, 0.25) is 0 Å². The van der Waals surface area contributed by atoms with Crippen molar-refractivity contribution in [2.75, 3.05) is 20.2 Å². The minimum absolute atomic E-state index is 0.0937. The SMILES string of the molecule is CC1CC(C)C(C2OC(CN)C(O)C(O)C2O)C(O)C1OC1OCC(C)(O)C(N(C)C(=O)OC(C)(C)C)C1O. The van der Waals surface area contributed by atoms with E-state index in [0.717, 1.165) is 4.90 Å². The number of hydrogen-bond donors (Lipinski definition) is 7. The number of likely N-dealkylation sites (N-methyl/N-ethyl adjacent to an activating group) is 1. The van der Waals surface area contributed by atoms with E-state index in [1.165, 1.54) is 14.0 Å². The number of nitrogens with two attached hydrogens (primary N) is 1. The zero-order valence-corrected chi connectivity index (χ0v) is 23.9. The Kier molecular flexibility index (Phi) is 9.97. The molecule has 39 heavy (non-hydrogen) atoms. The molecule has 3 fully saturated rings. The Bertz CT molecular complexity index is 837. The van der Waals surface area contributed by atoms with E-state index in [9.17, 15) is 35.4 Å². The first kappa shape index (κ1) is 32.4. The average molecular weight is 565 g/mol. The zero-order valence-electron chi connectivity index (χ0n) is 23.9. The highest BCUT2D eigenvalue weighted by atomic mass is 16.7. The summed E-state index contributed by atoms with van der Waals surface area (Å²) in [5.41, 5.74) is 3.27. The van der Waals surface area contributed by atoms with Crippen molar-refractivity contribution in [1.82, 2.24) is 4.90 Å². The van der Waals surface area contributed by atoms with Crippen LogP contribution in [0.5, 0.6) is 0 Å². The maximum atomic E-state index is 12.8. The number of carbonyl (C=O) groups is 1. The molecule has 3 aliphatic rings. The van der Waals surface area contributed by atoms with Gasteiger partial charge >= 0.3 is 6.09 Å². The Balaban J connectivity index is 1.81. The molecule has 2 aliphatic heterocycles. The van der Waals surface area contributed by atoms with Crippen molar-refractivity contribution < 1.29 is 54.4 Å². The number of aliphatic hydroxyl groups excluding tert-OH is 5. The van der Waals surface area contributed by atoms with E-state index in [-0.39, 0.29) is 25.0 Å². The van der Waals surface area contributed by atoms with E-state index >= 15 is 0 Å². The Morgan fingerprint density at radius 2 is 1.64 bits per heavy atom. The lowest BCUT2D eigenvalue weighted by molar-refractivity contribution is -0.315. The molecule has 0 aromatic carbocycles. The first-order chi connectivity index (χ1) is 17.9. The molecule has 0 radical (unpaired) electrons. The summed E-state index contributed by atoms with van der Waals surface area (Å²) in [6.45, 7) is 9.94. The highest BCUT2D eigenvalue weighted by molar-refractivity contribution is 5.68. The largest absolute Gasteiger partial charge is 0.444 e. The minimum Gasteiger partial charge on any atom is -0.444 e. The van der Waals surface area contributed by atoms with Gasteiger partial charge in [0, 0.05) is 19.5 Å². The molecule has 1 amide bonds. The van der Waals surface area contributed by atoms with Crippen LogP contribution in [-0.4, -0.2) is 134 Å². The minimum atomic E-state index is -1.63. The number of amides is 1. The summed E-state index contributed by atoms with van der Waals surface area (Å²) in [7, 11) is 1.41. The molecular formula is C26H48N2O11. The predicted molar refractivity (Wildman–Crippen MR) is 137 cm³/mol. The molecule has 228 valence electrons. The summed E-state index contributed by atoms with van der Waals surface area (Å²) in [6.07, 6.45) is -11.4. The normalized spacial score (nSPS) is 47.5. The molecule has 3 rings (SSSR count). The number of rotatable bonds is 5. The highest BCUT2D eigenvalue weighted by Crippen LogP contribution is 2.43. The lowest BCUT2D eigenvalue weighted by atomic mass is 9.67. The van der Waals surface area contributed by atoms with Crippen LogP contribution >= 0.6 is 0 Å². The molecule has 0 bridgehead atoms. The van der Waals surface area contributed by atoms with E-state index in [0.29, 0.717) is 6.42 Å². The van der Waals surface area contributed by atoms with Crippen LogP contribution in [0, 0.1) is 17.8 Å². The molecule has 1 saturated carbocycles. The van der Waals surface area contributed by atoms with Crippen LogP contribution in [0.15, 0.2) is 0 Å². The molecule has 8 N–H and O–H groups in total. The van der Waals surface area contributed by atoms with Crippen LogP contribution in [0.3, 0.4) is 0 Å². The van der Waals surface area contributed by atoms with Crippen molar-refractivity contribution in [3.63, 3.8) is 0 Å². The molecule has 13 nitrogen and oxygen atoms in total. The van der Waals surface area contributed by atoms with E-state index in [4.69, 9.17) is 24.7 Å². The van der Waals surface area contributed by atoms with Gasteiger partial charge in [0.2, 0.25) is 0 Å². The Morgan fingerprint density at radius 3 is 2.21 bits per heavy atom. The lowest BCUT2D eigenvalue weighted by Crippen LogP contribution is -2.68. The summed E-state index contributed by atoms with van der Waals surface area (Å²) in [5, 5.41) is 65.1. The van der Waals surface area contributed by atoms with Gasteiger partial charge in [-0.25, -0.2) is 4.79 Å². The molecular weight excluding hydrogens is 516 g/mol. The third-order valence-electron chi connectivity index (χ3n) is 8.22. The fraction of sp³-hybridized carbons (Fsp3) is 0.962. The van der Waals surface area contributed by atoms with Gasteiger partial charge in [-0.3, -0.25) is 0 Å². The van der Waals surface area contributed by atoms with E-state index in [1.54, 1.807) is 20.8 Å². The third kappa shape index (κ3) is 6.69. The maximum absolute atomic E-state index is 12.8. The van der Waals surface area contributed by atoms with Crippen LogP contribution in [0.4, 0.5) is 4.79 Å². The van der Waals surface area contributed by atoms with Gasteiger partial charge in [0.25, 0.3) is 0 Å². The molecule has 14 unspecified atom stereocenters. The van der Waals surface area contributed by atoms with Crippen molar-refractivity contribution in [3.8, 4) is 0 Å². The maximum Gasteiger partial charge on any atom is 0.410 e. The molecule has 1 aliphatic carbocycles. The fourth-order valence-electron chi connectivity index (χ4n) is 6.32. The quantitative estimate of drug-likeness (QED) is 0.205. The van der Waals surface area contributed by atoms with Crippen molar-refractivity contribution in [2.24, 2.45) is 23.5 Å². The monoisotopic (exact) mass is 564 g/mol. The van der Waals surface area contributed by atoms with Crippen molar-refractivity contribution >= 4 is 6.09 Å². The lowest BCUT2D eigenvalue weighted by Gasteiger charge is -2.52. The summed E-state index contributed by atoms with van der Waals surface area (Å²) in [4.78, 5) is 13.9. The van der Waals surface area contributed by atoms with Crippen LogP contribution in [-0.2, 0) is 18.9 Å². The van der Waals surface area contributed by atoms with Crippen LogP contribution in [0.25, 0.3) is 0 Å². The number of ether oxygens (including phenoxy) is 4. The van der Waals surface area contributed by atoms with Crippen LogP contribution < -0.4 is 5.73 Å². The standard InChI is InChI=1S/C26H48N2O11/c1-11-8-12(2)20(16(30)14(11)21-18(32)17(31)15(29)13(9-27)37-21)38-23-19(33)22(26(6,35)10-36-23)28(7)24(34)39-25(3,4)5/h11-23,29-33,35H,8-10,27H2,1-7H3. The van der Waals surface area contributed by atoms with Crippen LogP contribution in [0.1, 0.15) is 48.0 Å². The molecule has 13 heteroatoms. The van der Waals surface area contributed by atoms with Gasteiger partial charge in [-0.15, -0.1) is 0 Å². The zero-order chi connectivity index (χ0) is 29.6. The van der Waals surface area contributed by atoms with Gasteiger partial charge in [-0.05, 0) is 46.0 Å². The van der Waals surface area contributed by atoms with Crippen molar-refractivity contribution in [2.45, 2.75) is 120 Å². The summed E-state index contributed by atoms with van der Waals surface area (Å²) in [6, 6.07) is -1.15. The smallest absolute Gasteiger partial charge is 0.410 e. The second-order valence-corrected chi connectivity index (χ2v) is 12.8. The number of hydrogen-bond acceptors (Lipinski definition) is 12. The first-order valence-electron chi connectivity index (χ1n) is 13.6. The Hall–Kier alpha value is -1.13. The van der Waals surface area contributed by atoms with Gasteiger partial charge in [0.1, 0.15) is 35.6 Å². The summed E-state index contributed by atoms with van der Waals surface area (Å²) in [5.74, 6) is -1.09. The molecule has 14 atom stereocenters. The third-order valence-corrected chi connectivity index (χ3v) is 8.22. The number of aliphatic hydroxyl groups is 6. The van der Waals surface area contributed by atoms with Gasteiger partial charge in [-0.1, -0.05) is 13.8 Å². The number of nitrogens with zero attached hydrogens (tertiary/aromatic N) is 1. The van der Waals surface area contributed by atoms with Crippen molar-refractivity contribution in [3.05, 3.63) is 0 Å². The average Bonchev–Trinajstić information content (AvgIpc) is 2.81. The molecule has 2 saturated heterocycles. The van der Waals surface area contributed by atoms with Crippen molar-refractivity contribution in [1.29, 1.82) is 0 Å². The summed E-state index contributed by atoms with van der Waals surface area (Å²) >= 11 is 0. The Labute approximate surface area is 229 Å². The predicted octanol–water partition coefficient (Wildman–Crippen LogP) is -1.46. The number of carbonyl (C=O) groups excluding carboxylic acids is 1. The highest BCUT2D eigenvalue weighted by Gasteiger charge is 2.55. The molecule has 0 aromatic rings. The van der Waals surface area contributed by atoms with Gasteiger partial charge in [0.05, 0.1) is 37.1 Å². The topological polar surface area (TPSA) is 205 Å². The second-order valence-electron chi connectivity index (χ2n) is 12.8. The molecule has 0 spiro atoms. The second kappa shape index (κ2) is 12.0. The summed E-state index contributed by atoms with van der Waals surface area (Å²) < 4.78 is 23.1. The first-order valence-corrected chi connectivity index (χ1v) is 13.6. The van der Waals surface area contributed by atoms with Gasteiger partial charge in [-0.2, -0.15) is 0 Å². The molecule has 2 heterocycles. The van der Waals surface area contributed by atoms with E-state index < -0.39 is 84.4 Å². The van der Waals surface area contributed by atoms with Gasteiger partial charge in [0.15, 0.2) is 6.29 Å².